The van der Waals surface area contributed by atoms with Crippen LogP contribution in [0, 0.1) is 33.5 Å². The highest BCUT2D eigenvalue weighted by Crippen LogP contribution is 2.45. The number of ether oxygens (including phenoxy) is 2. The van der Waals surface area contributed by atoms with Gasteiger partial charge in [-0.25, -0.2) is 0 Å². The number of carbonyl (C=O) groups excluding carboxylic acids is 7. The van der Waals surface area contributed by atoms with Gasteiger partial charge in [-0.2, -0.15) is 0 Å². The average molecular weight is 1860 g/mol. The number of benzene rings is 8. The lowest BCUT2D eigenvalue weighted by molar-refractivity contribution is -0.125. The summed E-state index contributed by atoms with van der Waals surface area (Å²) in [5, 5.41) is 6.89. The number of hydrogen-bond donors (Lipinski definition) is 0. The van der Waals surface area contributed by atoms with Gasteiger partial charge in [-0.1, -0.05) is 249 Å². The second kappa shape index (κ2) is 42.7. The maximum absolute atomic E-state index is 14.2. The zero-order chi connectivity index (χ0) is 95.9. The van der Waals surface area contributed by atoms with Crippen LogP contribution >= 0.6 is 46.4 Å². The lowest BCUT2D eigenvalue weighted by atomic mass is 9.79. The highest BCUT2D eigenvalue weighted by atomic mass is 35.5. The largest absolute Gasteiger partial charge is 0.464 e. The summed E-state index contributed by atoms with van der Waals surface area (Å²) in [6.07, 6.45) is 9.20. The van der Waals surface area contributed by atoms with Gasteiger partial charge in [-0.15, -0.1) is 0 Å². The molecule has 0 spiro atoms. The normalized spacial score (nSPS) is 13.5. The minimum Gasteiger partial charge on any atom is -0.464 e. The number of aromatic nitrogens is 4. The van der Waals surface area contributed by atoms with Crippen LogP contribution in [0.2, 0.25) is 20.1 Å². The van der Waals surface area contributed by atoms with Crippen molar-refractivity contribution in [2.45, 2.75) is 246 Å². The molecule has 1 aliphatic heterocycles. The Labute approximate surface area is 800 Å². The van der Waals surface area contributed by atoms with Gasteiger partial charge in [0.1, 0.15) is 35.5 Å². The van der Waals surface area contributed by atoms with E-state index in [1.165, 1.54) is 35.8 Å². The van der Waals surface area contributed by atoms with Gasteiger partial charge in [0.05, 0.1) is 25.4 Å². The molecule has 0 N–H and O–H groups in total. The van der Waals surface area contributed by atoms with E-state index in [0.29, 0.717) is 109 Å². The van der Waals surface area contributed by atoms with Gasteiger partial charge in [0, 0.05) is 195 Å². The Morgan fingerprint density at radius 2 is 0.659 bits per heavy atom. The van der Waals surface area contributed by atoms with E-state index in [1.807, 2.05) is 152 Å². The summed E-state index contributed by atoms with van der Waals surface area (Å²) < 4.78 is 25.5. The van der Waals surface area contributed by atoms with Crippen LogP contribution in [0.5, 0.6) is 0 Å². The van der Waals surface area contributed by atoms with Crippen molar-refractivity contribution in [3.8, 4) is 11.3 Å². The maximum Gasteiger partial charge on any atom is 0.190 e. The Morgan fingerprint density at radius 3 is 0.947 bits per heavy atom. The Bertz CT molecular complexity index is 6350. The fourth-order valence-corrected chi connectivity index (χ4v) is 18.3. The van der Waals surface area contributed by atoms with Gasteiger partial charge in [0.25, 0.3) is 0 Å². The Morgan fingerprint density at radius 1 is 0.371 bits per heavy atom. The van der Waals surface area contributed by atoms with Gasteiger partial charge in [-0.05, 0) is 218 Å². The number of halogens is 4. The second-order valence-electron chi connectivity index (χ2n) is 40.5. The van der Waals surface area contributed by atoms with Crippen molar-refractivity contribution in [3.63, 3.8) is 0 Å². The van der Waals surface area contributed by atoms with Crippen LogP contribution in [-0.2, 0) is 80.5 Å². The average Bonchev–Trinajstić information content (AvgIpc) is 1.60. The molecule has 0 radical (unpaired) electrons. The molecule has 0 atom stereocenters. The fourth-order valence-electron chi connectivity index (χ4n) is 17.8. The number of carbonyl (C=O) groups is 7. The molecule has 0 bridgehead atoms. The number of methoxy groups -OCH3 is 1. The van der Waals surface area contributed by atoms with Crippen molar-refractivity contribution in [3.05, 3.63) is 292 Å². The van der Waals surface area contributed by atoms with Crippen molar-refractivity contribution in [1.82, 2.24) is 18.3 Å². The van der Waals surface area contributed by atoms with Gasteiger partial charge < -0.3 is 32.2 Å². The summed E-state index contributed by atoms with van der Waals surface area (Å²) in [7, 11) is 1.53. The van der Waals surface area contributed by atoms with Crippen LogP contribution in [0.4, 0.5) is 0 Å². The minimum absolute atomic E-state index is 0.000531. The highest BCUT2D eigenvalue weighted by molar-refractivity contribution is 6.31. The molecule has 2 fully saturated rings. The SMILES string of the molecule is CC(=O)C(C)(C)Cc1c(-c2ccco2)c2cc(C(C)C)ccc2n1Cc1ccc(Cl)cc1.CC(=O)C(C)(C)Cc1c(C(=O)C2CCCCC2)c2cc(C(C)C)ccc2n1Cc1ccc(Cl)cc1.CC(=O)C(C)(C)Cc1c(C(=O)C2COC2)c2cc(C(C)C)ccc2n1Cc1ccc(Cl)cc1.COCC(=O)c1c(CC(C)(C)C(C)=O)n(Cc2ccc(Cl)cc2)c2ccc(C(C)C)cc12. The molecule has 1 saturated heterocycles. The Kier molecular flexibility index (Phi) is 32.6. The molecule has 0 unspecified atom stereocenters. The molecule has 13 aromatic rings. The molecule has 5 aromatic heterocycles. The number of furan rings is 1. The number of ketones is 7. The van der Waals surface area contributed by atoms with Crippen molar-refractivity contribution < 1.29 is 47.5 Å². The third kappa shape index (κ3) is 23.3. The van der Waals surface area contributed by atoms with Crippen LogP contribution in [-0.4, -0.2) is 85.7 Å². The molecule has 8 aromatic carbocycles. The van der Waals surface area contributed by atoms with Gasteiger partial charge in [0.2, 0.25) is 0 Å². The Hall–Kier alpha value is -10.0. The summed E-state index contributed by atoms with van der Waals surface area (Å²) in [4.78, 5) is 91.2. The summed E-state index contributed by atoms with van der Waals surface area (Å²) >= 11 is 24.5. The zero-order valence-electron chi connectivity index (χ0n) is 81.1. The first kappa shape index (κ1) is 101. The standard InChI is InChI=1S/C31H38ClNO2.C28H32ClNO3.C28H30ClNO2.C27H32ClNO3/c1-20(2)24-13-16-27-26(17-24)29(30(35)23-9-7-6-8-10-23)28(18-31(4,5)21(3)34)33(27)19-22-11-14-25(32)15-12-22;1-17(2)20-8-11-24-23(12-20)26(27(32)21-15-33-16-21)25(13-28(4,5)18(3)31)30(24)14-19-6-9-22(29)10-7-19;1-18(2)21-10-13-24-23(15-21)27(26-7-6-14-32-26)25(16-28(4,5)19(3)31)30(24)17-20-8-11-22(29)12-9-20;1-17(2)20-9-12-23-22(13-20)26(25(31)16-32-6)24(14-27(4,5)18(3)30)29(23)15-19-7-10-21(28)11-8-19/h11-17,20,23H,6-10,18-19H2,1-5H3;6-12,17,21H,13-16H2,1-5H3;6-15,18H,16-17H2,1-5H3;7-13,17H,14-16H2,1-6H3. The predicted octanol–water partition coefficient (Wildman–Crippen LogP) is 29.2. The minimum atomic E-state index is -0.602. The van der Waals surface area contributed by atoms with E-state index in [4.69, 9.17) is 60.3 Å². The lowest BCUT2D eigenvalue weighted by Gasteiger charge is -2.27. The van der Waals surface area contributed by atoms with E-state index in [9.17, 15) is 33.6 Å². The quantitative estimate of drug-likeness (QED) is 0.0370. The molecule has 15 rings (SSSR count). The van der Waals surface area contributed by atoms with Crippen molar-refractivity contribution in [2.24, 2.45) is 33.5 Å². The predicted molar refractivity (Wildman–Crippen MR) is 542 cm³/mol. The Balaban J connectivity index is 0.000000159. The van der Waals surface area contributed by atoms with Crippen molar-refractivity contribution >= 4 is 130 Å². The second-order valence-corrected chi connectivity index (χ2v) is 42.2. The lowest BCUT2D eigenvalue weighted by Crippen LogP contribution is -2.35. The summed E-state index contributed by atoms with van der Waals surface area (Å²) in [6.45, 7) is 43.2. The first-order chi connectivity index (χ1) is 62.4. The molecular formula is C114H132Cl4N4O10. The number of hydrogen-bond acceptors (Lipinski definition) is 10. The third-order valence-electron chi connectivity index (χ3n) is 27.5. The van der Waals surface area contributed by atoms with Crippen molar-refractivity contribution in [1.29, 1.82) is 0 Å². The summed E-state index contributed by atoms with van der Waals surface area (Å²) in [5.41, 5.74) is 18.6. The molecule has 132 heavy (non-hydrogen) atoms. The molecular weight excluding hydrogens is 1730 g/mol. The summed E-state index contributed by atoms with van der Waals surface area (Å²) in [5.74, 6) is 3.08. The molecule has 18 heteroatoms. The smallest absolute Gasteiger partial charge is 0.190 e. The molecule has 1 saturated carbocycles. The topological polar surface area (TPSA) is 171 Å². The number of nitrogens with zero attached hydrogens (tertiary/aromatic N) is 4. The maximum atomic E-state index is 14.2. The van der Waals surface area contributed by atoms with Crippen LogP contribution in [0.3, 0.4) is 0 Å². The van der Waals surface area contributed by atoms with E-state index in [-0.39, 0.29) is 58.9 Å². The molecule has 1 aliphatic carbocycles. The summed E-state index contributed by atoms with van der Waals surface area (Å²) in [6, 6.07) is 61.3. The van der Waals surface area contributed by atoms with Crippen LogP contribution in [0.15, 0.2) is 193 Å². The monoisotopic (exact) mass is 1860 g/mol. The molecule has 6 heterocycles. The van der Waals surface area contributed by atoms with Gasteiger partial charge >= 0.3 is 0 Å². The van der Waals surface area contributed by atoms with Crippen LogP contribution in [0.1, 0.15) is 293 Å². The molecule has 2 aliphatic rings. The van der Waals surface area contributed by atoms with E-state index < -0.39 is 21.7 Å². The first-order valence-electron chi connectivity index (χ1n) is 46.7. The van der Waals surface area contributed by atoms with Gasteiger partial charge in [0.15, 0.2) is 17.3 Å². The van der Waals surface area contributed by atoms with Crippen LogP contribution < -0.4 is 0 Å². The molecule has 0 amide bonds. The zero-order valence-corrected chi connectivity index (χ0v) is 84.1. The van der Waals surface area contributed by atoms with E-state index in [2.05, 4.69) is 159 Å². The first-order valence-corrected chi connectivity index (χ1v) is 48.2. The van der Waals surface area contributed by atoms with Gasteiger partial charge in [-0.3, -0.25) is 33.6 Å². The third-order valence-corrected chi connectivity index (χ3v) is 28.5. The molecule has 696 valence electrons. The highest BCUT2D eigenvalue weighted by Gasteiger charge is 2.39. The van der Waals surface area contributed by atoms with Crippen LogP contribution in [0.25, 0.3) is 54.9 Å². The molecule has 14 nitrogen and oxygen atoms in total. The fraction of sp³-hybridized carbons (Fsp3) is 0.412. The number of Topliss-reactive ketones (excluding diaryl/α,β-unsaturated/α-hetero) is 7. The van der Waals surface area contributed by atoms with E-state index in [0.717, 1.165) is 142 Å². The number of rotatable bonds is 32. The van der Waals surface area contributed by atoms with Crippen molar-refractivity contribution in [2.75, 3.05) is 26.9 Å². The number of fused-ring (bicyclic) bond motifs is 4. The van der Waals surface area contributed by atoms with E-state index >= 15 is 0 Å². The van der Waals surface area contributed by atoms with E-state index in [1.54, 1.807) is 34.0 Å².